The minimum absolute atomic E-state index is 0.0115. The Hall–Kier alpha value is -1.70. The van der Waals surface area contributed by atoms with Gasteiger partial charge in [0.15, 0.2) is 0 Å². The van der Waals surface area contributed by atoms with Gasteiger partial charge in [0.05, 0.1) is 18.7 Å². The van der Waals surface area contributed by atoms with E-state index in [2.05, 4.69) is 5.10 Å². The number of rotatable bonds is 6. The summed E-state index contributed by atoms with van der Waals surface area (Å²) in [5.74, 6) is -1.14. The molecule has 0 aliphatic carbocycles. The first kappa shape index (κ1) is 19.6. The monoisotopic (exact) mass is 391 g/mol. The predicted molar refractivity (Wildman–Crippen MR) is 90.8 cm³/mol. The fourth-order valence-corrected chi connectivity index (χ4v) is 3.08. The normalized spacial score (nSPS) is 12.3. The number of amides is 1. The van der Waals surface area contributed by atoms with Crippen LogP contribution in [0, 0.1) is 5.82 Å². The van der Waals surface area contributed by atoms with E-state index in [0.717, 1.165) is 11.1 Å². The highest BCUT2D eigenvalue weighted by atomic mass is 35.5. The molecule has 1 aromatic carbocycles. The molecule has 9 heteroatoms. The Kier molecular flexibility index (Phi) is 6.37. The SMILES string of the molecule is CON(C(=O)c1cn(C)nc1CF)C(C)Cc1c(F)cc(Cl)cc1Cl. The third kappa shape index (κ3) is 4.29. The van der Waals surface area contributed by atoms with Crippen molar-refractivity contribution in [3.8, 4) is 0 Å². The molecule has 1 amide bonds. The average Bonchev–Trinajstić information content (AvgIpc) is 2.92. The summed E-state index contributed by atoms with van der Waals surface area (Å²) in [6.45, 7) is 0.781. The van der Waals surface area contributed by atoms with Gasteiger partial charge in [0.25, 0.3) is 5.91 Å². The van der Waals surface area contributed by atoms with Gasteiger partial charge in [-0.05, 0) is 25.5 Å². The zero-order chi connectivity index (χ0) is 18.7. The Bertz CT molecular complexity index is 760. The summed E-state index contributed by atoms with van der Waals surface area (Å²) in [4.78, 5) is 17.8. The summed E-state index contributed by atoms with van der Waals surface area (Å²) >= 11 is 11.8. The quantitative estimate of drug-likeness (QED) is 0.699. The van der Waals surface area contributed by atoms with Crippen molar-refractivity contribution in [3.05, 3.63) is 51.0 Å². The van der Waals surface area contributed by atoms with Gasteiger partial charge in [0.2, 0.25) is 0 Å². The second kappa shape index (κ2) is 8.12. The van der Waals surface area contributed by atoms with E-state index in [1.165, 1.54) is 24.1 Å². The van der Waals surface area contributed by atoms with Gasteiger partial charge in [0.1, 0.15) is 18.2 Å². The van der Waals surface area contributed by atoms with E-state index >= 15 is 0 Å². The summed E-state index contributed by atoms with van der Waals surface area (Å²) < 4.78 is 28.5. The van der Waals surface area contributed by atoms with Crippen molar-refractivity contribution in [2.75, 3.05) is 7.11 Å². The molecule has 0 radical (unpaired) electrons. The van der Waals surface area contributed by atoms with Crippen LogP contribution in [0.25, 0.3) is 0 Å². The molecule has 0 spiro atoms. The van der Waals surface area contributed by atoms with Gasteiger partial charge in [0, 0.05) is 28.9 Å². The summed E-state index contributed by atoms with van der Waals surface area (Å²) in [6.07, 6.45) is 1.50. The van der Waals surface area contributed by atoms with Crippen molar-refractivity contribution in [1.82, 2.24) is 14.8 Å². The lowest BCUT2D eigenvalue weighted by atomic mass is 10.1. The van der Waals surface area contributed by atoms with Gasteiger partial charge < -0.3 is 0 Å². The number of aryl methyl sites for hydroxylation is 1. The number of hydroxylamine groups is 2. The smallest absolute Gasteiger partial charge is 0.275 e. The summed E-state index contributed by atoms with van der Waals surface area (Å²) in [6, 6.07) is 2.00. The van der Waals surface area contributed by atoms with E-state index in [9.17, 15) is 13.6 Å². The molecule has 1 unspecified atom stereocenters. The third-order valence-electron chi connectivity index (χ3n) is 3.66. The van der Waals surface area contributed by atoms with Crippen LogP contribution in [0.15, 0.2) is 18.3 Å². The average molecular weight is 392 g/mol. The highest BCUT2D eigenvalue weighted by Gasteiger charge is 2.27. The van der Waals surface area contributed by atoms with Gasteiger partial charge in [-0.1, -0.05) is 23.2 Å². The number of halogens is 4. The zero-order valence-corrected chi connectivity index (χ0v) is 15.4. The summed E-state index contributed by atoms with van der Waals surface area (Å²) in [5.41, 5.74) is 0.309. The molecule has 0 fully saturated rings. The van der Waals surface area contributed by atoms with E-state index in [1.54, 1.807) is 14.0 Å². The molecule has 5 nitrogen and oxygen atoms in total. The number of aromatic nitrogens is 2. The molecule has 2 rings (SSSR count). The lowest BCUT2D eigenvalue weighted by Crippen LogP contribution is -2.39. The molecule has 25 heavy (non-hydrogen) atoms. The second-order valence-electron chi connectivity index (χ2n) is 5.51. The van der Waals surface area contributed by atoms with Gasteiger partial charge >= 0.3 is 0 Å². The van der Waals surface area contributed by atoms with E-state index in [1.807, 2.05) is 0 Å². The molecule has 1 atom stereocenters. The largest absolute Gasteiger partial charge is 0.281 e. The Balaban J connectivity index is 2.27. The summed E-state index contributed by atoms with van der Waals surface area (Å²) in [7, 11) is 2.89. The van der Waals surface area contributed by atoms with Crippen molar-refractivity contribution in [3.63, 3.8) is 0 Å². The highest BCUT2D eigenvalue weighted by molar-refractivity contribution is 6.35. The maximum Gasteiger partial charge on any atom is 0.281 e. The van der Waals surface area contributed by atoms with Crippen molar-refractivity contribution in [2.24, 2.45) is 7.05 Å². The second-order valence-corrected chi connectivity index (χ2v) is 6.36. The van der Waals surface area contributed by atoms with Gasteiger partial charge in [-0.3, -0.25) is 14.3 Å². The van der Waals surface area contributed by atoms with Crippen LogP contribution in [0.2, 0.25) is 10.0 Å². The molecule has 0 aliphatic rings. The lowest BCUT2D eigenvalue weighted by molar-refractivity contribution is -0.119. The molecule has 1 aromatic heterocycles. The number of hydrogen-bond acceptors (Lipinski definition) is 3. The number of alkyl halides is 1. The van der Waals surface area contributed by atoms with Crippen molar-refractivity contribution < 1.29 is 18.4 Å². The van der Waals surface area contributed by atoms with Gasteiger partial charge in [-0.2, -0.15) is 5.10 Å². The molecule has 0 saturated heterocycles. The number of carbonyl (C=O) groups is 1. The molecule has 1 heterocycles. The van der Waals surface area contributed by atoms with Gasteiger partial charge in [-0.15, -0.1) is 0 Å². The zero-order valence-electron chi connectivity index (χ0n) is 13.9. The Morgan fingerprint density at radius 2 is 2.12 bits per heavy atom. The van der Waals surface area contributed by atoms with Crippen molar-refractivity contribution in [1.29, 1.82) is 0 Å². The van der Waals surface area contributed by atoms with Crippen LogP contribution in [0.5, 0.6) is 0 Å². The Labute approximate surface area is 154 Å². The first-order valence-electron chi connectivity index (χ1n) is 7.38. The first-order valence-corrected chi connectivity index (χ1v) is 8.13. The molecule has 0 saturated carbocycles. The van der Waals surface area contributed by atoms with Crippen LogP contribution < -0.4 is 0 Å². The Morgan fingerprint density at radius 1 is 1.44 bits per heavy atom. The van der Waals surface area contributed by atoms with Crippen LogP contribution in [-0.4, -0.2) is 33.9 Å². The van der Waals surface area contributed by atoms with Crippen LogP contribution in [0.3, 0.4) is 0 Å². The number of nitrogens with zero attached hydrogens (tertiary/aromatic N) is 3. The maximum absolute atomic E-state index is 14.1. The molecular formula is C16H17Cl2F2N3O2. The standard InChI is InChI=1S/C16H17Cl2F2N3O2/c1-9(4-11-13(18)5-10(17)6-14(11)20)23(25-3)16(24)12-8-22(2)21-15(12)7-19/h5-6,8-9H,4,7H2,1-3H3. The predicted octanol–water partition coefficient (Wildman–Crippen LogP) is 3.97. The third-order valence-corrected chi connectivity index (χ3v) is 4.22. The lowest BCUT2D eigenvalue weighted by Gasteiger charge is -2.27. The van der Waals surface area contributed by atoms with E-state index in [4.69, 9.17) is 28.0 Å². The van der Waals surface area contributed by atoms with Crippen LogP contribution in [0.1, 0.15) is 28.5 Å². The minimum Gasteiger partial charge on any atom is -0.275 e. The van der Waals surface area contributed by atoms with E-state index in [-0.39, 0.29) is 33.3 Å². The maximum atomic E-state index is 14.1. The van der Waals surface area contributed by atoms with Crippen LogP contribution in [-0.2, 0) is 25.0 Å². The first-order chi connectivity index (χ1) is 11.8. The van der Waals surface area contributed by atoms with Crippen LogP contribution in [0.4, 0.5) is 8.78 Å². The summed E-state index contributed by atoms with van der Waals surface area (Å²) in [5, 5.41) is 5.27. The molecule has 0 bridgehead atoms. The van der Waals surface area contributed by atoms with Crippen molar-refractivity contribution >= 4 is 29.1 Å². The minimum atomic E-state index is -0.883. The fraction of sp³-hybridized carbons (Fsp3) is 0.375. The highest BCUT2D eigenvalue weighted by Crippen LogP contribution is 2.27. The number of hydrogen-bond donors (Lipinski definition) is 0. The molecular weight excluding hydrogens is 375 g/mol. The number of carbonyl (C=O) groups excluding carboxylic acids is 1. The fourth-order valence-electron chi connectivity index (χ4n) is 2.54. The topological polar surface area (TPSA) is 47.4 Å². The molecule has 136 valence electrons. The Morgan fingerprint density at radius 3 is 2.68 bits per heavy atom. The molecule has 0 N–H and O–H groups in total. The van der Waals surface area contributed by atoms with Crippen molar-refractivity contribution in [2.45, 2.75) is 26.1 Å². The van der Waals surface area contributed by atoms with E-state index in [0.29, 0.717) is 0 Å². The van der Waals surface area contributed by atoms with Crippen LogP contribution >= 0.6 is 23.2 Å². The van der Waals surface area contributed by atoms with Gasteiger partial charge in [-0.25, -0.2) is 13.8 Å². The molecule has 2 aromatic rings. The van der Waals surface area contributed by atoms with E-state index < -0.39 is 24.4 Å². The molecule has 0 aliphatic heterocycles. The number of benzene rings is 1.